The van der Waals surface area contributed by atoms with Crippen molar-refractivity contribution in [3.8, 4) is 11.6 Å². The molecule has 1 aromatic heterocycles. The third-order valence-corrected chi connectivity index (χ3v) is 2.80. The van der Waals surface area contributed by atoms with Crippen LogP contribution in [0.5, 0.6) is 11.6 Å². The molecule has 0 aliphatic rings. The van der Waals surface area contributed by atoms with Crippen LogP contribution < -0.4 is 16.0 Å². The number of nitrogens with two attached hydrogens (primary N) is 1. The number of aromatic amines is 1. The third-order valence-electron chi connectivity index (χ3n) is 2.80. The van der Waals surface area contributed by atoms with E-state index < -0.39 is 0 Å². The van der Waals surface area contributed by atoms with Crippen LogP contribution >= 0.6 is 0 Å². The van der Waals surface area contributed by atoms with Crippen molar-refractivity contribution in [2.75, 3.05) is 0 Å². The number of ether oxygens (including phenoxy) is 1. The quantitative estimate of drug-likeness (QED) is 0.882. The van der Waals surface area contributed by atoms with Crippen LogP contribution in [0.25, 0.3) is 0 Å². The number of nitrogens with zero attached hydrogens (tertiary/aromatic N) is 1. The maximum atomic E-state index is 11.4. The van der Waals surface area contributed by atoms with E-state index in [1.165, 1.54) is 6.07 Å². The highest BCUT2D eigenvalue weighted by Gasteiger charge is 2.09. The summed E-state index contributed by atoms with van der Waals surface area (Å²) in [7, 11) is 0. The maximum absolute atomic E-state index is 11.4. The Morgan fingerprint density at radius 1 is 1.21 bits per heavy atom. The van der Waals surface area contributed by atoms with Gasteiger partial charge in [0, 0.05) is 6.54 Å². The van der Waals surface area contributed by atoms with Gasteiger partial charge in [-0.15, -0.1) is 0 Å². The van der Waals surface area contributed by atoms with Crippen LogP contribution in [-0.2, 0) is 6.54 Å². The van der Waals surface area contributed by atoms with E-state index in [-0.39, 0.29) is 5.56 Å². The SMILES string of the molecule is Cc1nc(Oc2c(C)cc(CN)cc2C)cc(=O)[nH]1. The normalized spacial score (nSPS) is 10.5. The minimum atomic E-state index is -0.226. The van der Waals surface area contributed by atoms with Crippen LogP contribution in [-0.4, -0.2) is 9.97 Å². The van der Waals surface area contributed by atoms with Crippen LogP contribution in [0.15, 0.2) is 23.0 Å². The van der Waals surface area contributed by atoms with Gasteiger partial charge in [-0.2, -0.15) is 0 Å². The summed E-state index contributed by atoms with van der Waals surface area (Å²) in [6.07, 6.45) is 0. The highest BCUT2D eigenvalue weighted by Crippen LogP contribution is 2.28. The largest absolute Gasteiger partial charge is 0.438 e. The number of rotatable bonds is 3. The van der Waals surface area contributed by atoms with Gasteiger partial charge >= 0.3 is 0 Å². The smallest absolute Gasteiger partial charge is 0.254 e. The van der Waals surface area contributed by atoms with Crippen molar-refractivity contribution in [2.24, 2.45) is 5.73 Å². The summed E-state index contributed by atoms with van der Waals surface area (Å²) in [5.41, 5.74) is 8.40. The number of H-pyrrole nitrogens is 1. The molecule has 2 aromatic rings. The Bertz CT molecular complexity index is 639. The molecule has 100 valence electrons. The first-order chi connectivity index (χ1) is 8.99. The highest BCUT2D eigenvalue weighted by atomic mass is 16.5. The maximum Gasteiger partial charge on any atom is 0.254 e. The number of hydrogen-bond acceptors (Lipinski definition) is 4. The zero-order chi connectivity index (χ0) is 14.0. The van der Waals surface area contributed by atoms with Gasteiger partial charge < -0.3 is 15.5 Å². The number of benzene rings is 1. The first-order valence-corrected chi connectivity index (χ1v) is 6.05. The van der Waals surface area contributed by atoms with Gasteiger partial charge in [0.2, 0.25) is 5.88 Å². The second-order valence-electron chi connectivity index (χ2n) is 4.53. The van der Waals surface area contributed by atoms with Gasteiger partial charge in [0.25, 0.3) is 5.56 Å². The third kappa shape index (κ3) is 3.00. The molecule has 1 heterocycles. The van der Waals surface area contributed by atoms with E-state index in [1.807, 2.05) is 26.0 Å². The molecular weight excluding hydrogens is 242 g/mol. The Morgan fingerprint density at radius 3 is 2.37 bits per heavy atom. The van der Waals surface area contributed by atoms with Crippen molar-refractivity contribution >= 4 is 0 Å². The average molecular weight is 259 g/mol. The molecule has 0 spiro atoms. The number of aromatic nitrogens is 2. The Labute approximate surface area is 111 Å². The van der Waals surface area contributed by atoms with E-state index in [9.17, 15) is 4.79 Å². The average Bonchev–Trinajstić information content (AvgIpc) is 2.32. The lowest BCUT2D eigenvalue weighted by molar-refractivity contribution is 0.451. The van der Waals surface area contributed by atoms with Crippen LogP contribution in [0, 0.1) is 20.8 Å². The molecule has 0 amide bonds. The Morgan fingerprint density at radius 2 is 1.84 bits per heavy atom. The molecular formula is C14H17N3O2. The minimum absolute atomic E-state index is 0.226. The van der Waals surface area contributed by atoms with Crippen molar-refractivity contribution in [3.05, 3.63) is 51.1 Å². The molecule has 19 heavy (non-hydrogen) atoms. The molecule has 3 N–H and O–H groups in total. The molecule has 0 saturated heterocycles. The topological polar surface area (TPSA) is 81.0 Å². The van der Waals surface area contributed by atoms with Gasteiger partial charge in [0.15, 0.2) is 0 Å². The molecule has 0 bridgehead atoms. The monoisotopic (exact) mass is 259 g/mol. The van der Waals surface area contributed by atoms with E-state index in [2.05, 4.69) is 9.97 Å². The summed E-state index contributed by atoms with van der Waals surface area (Å²) in [5, 5.41) is 0. The molecule has 0 aliphatic carbocycles. The minimum Gasteiger partial charge on any atom is -0.438 e. The van der Waals surface area contributed by atoms with Gasteiger partial charge in [-0.05, 0) is 37.5 Å². The number of nitrogens with one attached hydrogen (secondary N) is 1. The molecule has 5 heteroatoms. The molecule has 0 atom stereocenters. The number of aryl methyl sites for hydroxylation is 3. The second-order valence-corrected chi connectivity index (χ2v) is 4.53. The molecule has 5 nitrogen and oxygen atoms in total. The van der Waals surface area contributed by atoms with Gasteiger partial charge in [-0.1, -0.05) is 12.1 Å². The standard InChI is InChI=1S/C14H17N3O2/c1-8-4-11(7-15)5-9(2)14(8)19-13-6-12(18)16-10(3)17-13/h4-6H,7,15H2,1-3H3,(H,16,17,18). The molecule has 0 fully saturated rings. The van der Waals surface area contributed by atoms with Crippen LogP contribution in [0.2, 0.25) is 0 Å². The van der Waals surface area contributed by atoms with Crippen LogP contribution in [0.4, 0.5) is 0 Å². The van der Waals surface area contributed by atoms with Crippen LogP contribution in [0.3, 0.4) is 0 Å². The zero-order valence-electron chi connectivity index (χ0n) is 11.3. The predicted octanol–water partition coefficient (Wildman–Crippen LogP) is 1.95. The Kier molecular flexibility index (Phi) is 3.66. The van der Waals surface area contributed by atoms with E-state index in [0.29, 0.717) is 18.2 Å². The fraction of sp³-hybridized carbons (Fsp3) is 0.286. The van der Waals surface area contributed by atoms with Crippen molar-refractivity contribution < 1.29 is 4.74 Å². The van der Waals surface area contributed by atoms with E-state index in [1.54, 1.807) is 6.92 Å². The van der Waals surface area contributed by atoms with Gasteiger partial charge in [-0.3, -0.25) is 4.79 Å². The highest BCUT2D eigenvalue weighted by molar-refractivity contribution is 5.44. The lowest BCUT2D eigenvalue weighted by atomic mass is 10.1. The first-order valence-electron chi connectivity index (χ1n) is 6.05. The lowest BCUT2D eigenvalue weighted by Crippen LogP contribution is -2.09. The fourth-order valence-corrected chi connectivity index (χ4v) is 2.03. The summed E-state index contributed by atoms with van der Waals surface area (Å²) in [4.78, 5) is 18.1. The predicted molar refractivity (Wildman–Crippen MR) is 73.5 cm³/mol. The van der Waals surface area contributed by atoms with Gasteiger partial charge in [0.1, 0.15) is 11.6 Å². The summed E-state index contributed by atoms with van der Waals surface area (Å²) in [6.45, 7) is 6.10. The molecule has 0 unspecified atom stereocenters. The summed E-state index contributed by atoms with van der Waals surface area (Å²) in [5.74, 6) is 1.54. The van der Waals surface area contributed by atoms with Gasteiger partial charge in [-0.25, -0.2) is 4.98 Å². The summed E-state index contributed by atoms with van der Waals surface area (Å²) < 4.78 is 5.73. The van der Waals surface area contributed by atoms with Crippen molar-refractivity contribution in [3.63, 3.8) is 0 Å². The zero-order valence-corrected chi connectivity index (χ0v) is 11.3. The molecule has 0 radical (unpaired) electrons. The molecule has 0 saturated carbocycles. The Hall–Kier alpha value is -2.14. The molecule has 1 aromatic carbocycles. The van der Waals surface area contributed by atoms with Gasteiger partial charge in [0.05, 0.1) is 6.07 Å². The van der Waals surface area contributed by atoms with Crippen molar-refractivity contribution in [1.82, 2.24) is 9.97 Å². The van der Waals surface area contributed by atoms with Crippen LogP contribution in [0.1, 0.15) is 22.5 Å². The fourth-order valence-electron chi connectivity index (χ4n) is 2.03. The Balaban J connectivity index is 2.40. The lowest BCUT2D eigenvalue weighted by Gasteiger charge is -2.12. The van der Waals surface area contributed by atoms with E-state index >= 15 is 0 Å². The number of hydrogen-bond donors (Lipinski definition) is 2. The second kappa shape index (κ2) is 5.24. The molecule has 2 rings (SSSR count). The summed E-state index contributed by atoms with van der Waals surface area (Å²) in [6, 6.07) is 5.29. The summed E-state index contributed by atoms with van der Waals surface area (Å²) >= 11 is 0. The first kappa shape index (κ1) is 13.3. The van der Waals surface area contributed by atoms with Crippen molar-refractivity contribution in [2.45, 2.75) is 27.3 Å². The van der Waals surface area contributed by atoms with E-state index in [4.69, 9.17) is 10.5 Å². The molecule has 0 aliphatic heterocycles. The van der Waals surface area contributed by atoms with Crippen molar-refractivity contribution in [1.29, 1.82) is 0 Å². The van der Waals surface area contributed by atoms with E-state index in [0.717, 1.165) is 22.4 Å².